The van der Waals surface area contributed by atoms with Crippen LogP contribution in [0.15, 0.2) is 42.5 Å². The third-order valence-electron chi connectivity index (χ3n) is 6.83. The number of nitrogens with one attached hydrogen (secondary N) is 1. The van der Waals surface area contributed by atoms with Crippen LogP contribution >= 0.6 is 31.9 Å². The molecule has 3 fully saturated rings. The van der Waals surface area contributed by atoms with E-state index in [1.54, 1.807) is 24.3 Å². The molecular weight excluding hydrogens is 524 g/mol. The van der Waals surface area contributed by atoms with E-state index in [-0.39, 0.29) is 51.0 Å². The second kappa shape index (κ2) is 7.55. The monoisotopic (exact) mass is 544 g/mol. The number of halogens is 2. The summed E-state index contributed by atoms with van der Waals surface area (Å²) in [7, 11) is 0. The Morgan fingerprint density at radius 1 is 0.935 bits per heavy atom. The maximum Gasteiger partial charge on any atom is 0.255 e. The number of fused-ring (bicyclic) bond motifs is 5. The van der Waals surface area contributed by atoms with Gasteiger partial charge in [-0.1, -0.05) is 44.0 Å². The van der Waals surface area contributed by atoms with Crippen molar-refractivity contribution in [1.82, 2.24) is 0 Å². The van der Waals surface area contributed by atoms with Crippen molar-refractivity contribution >= 4 is 61.0 Å². The number of anilines is 2. The molecule has 3 aliphatic rings. The zero-order valence-corrected chi connectivity index (χ0v) is 20.3. The van der Waals surface area contributed by atoms with Crippen molar-refractivity contribution in [1.29, 1.82) is 0 Å². The van der Waals surface area contributed by atoms with Crippen LogP contribution in [0.5, 0.6) is 0 Å². The van der Waals surface area contributed by atoms with Gasteiger partial charge in [0.1, 0.15) is 0 Å². The highest BCUT2D eigenvalue weighted by Gasteiger charge is 2.66. The summed E-state index contributed by atoms with van der Waals surface area (Å²) in [5.74, 6) is -0.774. The van der Waals surface area contributed by atoms with E-state index in [0.29, 0.717) is 11.3 Å². The van der Waals surface area contributed by atoms with Crippen molar-refractivity contribution in [3.8, 4) is 0 Å². The molecule has 0 unspecified atom stereocenters. The predicted molar refractivity (Wildman–Crippen MR) is 127 cm³/mol. The molecule has 0 spiro atoms. The van der Waals surface area contributed by atoms with Crippen molar-refractivity contribution in [2.45, 2.75) is 29.9 Å². The lowest BCUT2D eigenvalue weighted by Gasteiger charge is -2.28. The number of benzene rings is 2. The van der Waals surface area contributed by atoms with Gasteiger partial charge in [-0.05, 0) is 73.6 Å². The van der Waals surface area contributed by atoms with E-state index in [1.165, 1.54) is 4.90 Å². The van der Waals surface area contributed by atoms with E-state index in [0.717, 1.165) is 23.2 Å². The van der Waals surface area contributed by atoms with E-state index in [2.05, 4.69) is 37.2 Å². The van der Waals surface area contributed by atoms with Crippen molar-refractivity contribution in [2.75, 3.05) is 10.2 Å². The molecule has 1 N–H and O–H groups in total. The maximum absolute atomic E-state index is 13.3. The van der Waals surface area contributed by atoms with Crippen LogP contribution in [-0.2, 0) is 9.59 Å². The van der Waals surface area contributed by atoms with Crippen LogP contribution in [0.1, 0.15) is 27.9 Å². The molecule has 2 bridgehead atoms. The number of carbonyl (C=O) groups is 3. The quantitative estimate of drug-likeness (QED) is 0.443. The van der Waals surface area contributed by atoms with Crippen molar-refractivity contribution in [3.05, 3.63) is 59.2 Å². The standard InChI is InChI=1S/C24H22Br2N2O3/c1-11-6-12(2)8-14(7-11)27-22(29)13-4-3-5-15(9-13)28-23(30)18-16-10-17(19(18)24(28)31)21(26)20(16)25/h3-9,16-21H,10H2,1-2H3,(H,27,29)/t16-,17-,18-,19+,20+,21+/m1/s1. The summed E-state index contributed by atoms with van der Waals surface area (Å²) in [6.45, 7) is 3.96. The highest BCUT2D eigenvalue weighted by Crippen LogP contribution is 2.60. The van der Waals surface area contributed by atoms with Crippen LogP contribution in [-0.4, -0.2) is 27.4 Å². The first-order valence-corrected chi connectivity index (χ1v) is 12.2. The highest BCUT2D eigenvalue weighted by molar-refractivity contribution is 9.12. The van der Waals surface area contributed by atoms with Crippen LogP contribution in [0.2, 0.25) is 0 Å². The Kier molecular flexibility index (Phi) is 5.09. The zero-order valence-electron chi connectivity index (χ0n) is 17.1. The van der Waals surface area contributed by atoms with Crippen LogP contribution in [0, 0.1) is 37.5 Å². The minimum Gasteiger partial charge on any atom is -0.322 e. The van der Waals surface area contributed by atoms with Gasteiger partial charge < -0.3 is 5.32 Å². The molecule has 3 amide bonds. The number of hydrogen-bond donors (Lipinski definition) is 1. The summed E-state index contributed by atoms with van der Waals surface area (Å²) in [5, 5.41) is 2.92. The molecule has 2 aliphatic carbocycles. The molecule has 2 aromatic carbocycles. The molecule has 1 heterocycles. The van der Waals surface area contributed by atoms with Gasteiger partial charge in [0.2, 0.25) is 11.8 Å². The molecule has 2 saturated carbocycles. The van der Waals surface area contributed by atoms with Gasteiger partial charge in [0, 0.05) is 20.9 Å². The number of hydrogen-bond acceptors (Lipinski definition) is 3. The van der Waals surface area contributed by atoms with Gasteiger partial charge in [0.05, 0.1) is 17.5 Å². The Labute approximate surface area is 197 Å². The molecular formula is C24H22Br2N2O3. The number of rotatable bonds is 3. The summed E-state index contributed by atoms with van der Waals surface area (Å²) < 4.78 is 0. The molecule has 31 heavy (non-hydrogen) atoms. The molecule has 1 aliphatic heterocycles. The fourth-order valence-corrected chi connectivity index (χ4v) is 7.51. The second-order valence-electron chi connectivity index (χ2n) is 8.90. The molecule has 0 aromatic heterocycles. The fraction of sp³-hybridized carbons (Fsp3) is 0.375. The lowest BCUT2D eigenvalue weighted by Crippen LogP contribution is -2.37. The lowest BCUT2D eigenvalue weighted by molar-refractivity contribution is -0.123. The van der Waals surface area contributed by atoms with Gasteiger partial charge in [0.25, 0.3) is 5.91 Å². The molecule has 6 atom stereocenters. The largest absolute Gasteiger partial charge is 0.322 e. The number of imide groups is 1. The van der Waals surface area contributed by atoms with Gasteiger partial charge in [-0.25, -0.2) is 0 Å². The van der Waals surface area contributed by atoms with Crippen molar-refractivity contribution < 1.29 is 14.4 Å². The van der Waals surface area contributed by atoms with Gasteiger partial charge >= 0.3 is 0 Å². The van der Waals surface area contributed by atoms with E-state index < -0.39 is 0 Å². The second-order valence-corrected chi connectivity index (χ2v) is 11.0. The Morgan fingerprint density at radius 3 is 2.10 bits per heavy atom. The molecule has 2 aromatic rings. The Bertz CT molecular complexity index is 1070. The van der Waals surface area contributed by atoms with E-state index in [1.807, 2.05) is 32.0 Å². The zero-order chi connectivity index (χ0) is 22.0. The van der Waals surface area contributed by atoms with Crippen LogP contribution in [0.25, 0.3) is 0 Å². The average molecular weight is 546 g/mol. The van der Waals surface area contributed by atoms with Gasteiger partial charge in [-0.3, -0.25) is 19.3 Å². The molecule has 160 valence electrons. The number of aryl methyl sites for hydroxylation is 2. The Hall–Kier alpha value is -1.99. The summed E-state index contributed by atoms with van der Waals surface area (Å²) in [4.78, 5) is 41.1. The smallest absolute Gasteiger partial charge is 0.255 e. The number of nitrogens with zero attached hydrogens (tertiary/aromatic N) is 1. The summed E-state index contributed by atoms with van der Waals surface area (Å²) in [5.41, 5.74) is 3.73. The van der Waals surface area contributed by atoms with E-state index in [9.17, 15) is 14.4 Å². The first-order valence-electron chi connectivity index (χ1n) is 10.4. The van der Waals surface area contributed by atoms with Gasteiger partial charge in [-0.15, -0.1) is 0 Å². The first kappa shape index (κ1) is 20.9. The van der Waals surface area contributed by atoms with Crippen molar-refractivity contribution in [2.24, 2.45) is 23.7 Å². The topological polar surface area (TPSA) is 66.5 Å². The number of amides is 3. The third kappa shape index (κ3) is 3.28. The van der Waals surface area contributed by atoms with Gasteiger partial charge in [0.15, 0.2) is 0 Å². The minimum absolute atomic E-state index is 0.141. The lowest BCUT2D eigenvalue weighted by atomic mass is 9.81. The SMILES string of the molecule is Cc1cc(C)cc(NC(=O)c2cccc(N3C(=O)[C@@H]4[C@H]5C[C@@H]([C@H](Br)[C@H]5Br)[C@@H]4C3=O)c2)c1. The third-order valence-corrected chi connectivity index (χ3v) is 10.0. The average Bonchev–Trinajstić information content (AvgIpc) is 3.32. The summed E-state index contributed by atoms with van der Waals surface area (Å²) in [6.07, 6.45) is 0.894. The molecule has 7 heteroatoms. The van der Waals surface area contributed by atoms with Crippen LogP contribution in [0.4, 0.5) is 11.4 Å². The minimum atomic E-state index is -0.275. The number of carbonyl (C=O) groups excluding carboxylic acids is 3. The molecule has 1 saturated heterocycles. The van der Waals surface area contributed by atoms with Crippen LogP contribution < -0.4 is 10.2 Å². The van der Waals surface area contributed by atoms with E-state index >= 15 is 0 Å². The molecule has 0 radical (unpaired) electrons. The normalized spacial score (nSPS) is 31.3. The molecule has 5 rings (SSSR count). The Balaban J connectivity index is 1.41. The summed E-state index contributed by atoms with van der Waals surface area (Å²) >= 11 is 7.42. The van der Waals surface area contributed by atoms with Gasteiger partial charge in [-0.2, -0.15) is 0 Å². The van der Waals surface area contributed by atoms with Crippen molar-refractivity contribution in [3.63, 3.8) is 0 Å². The highest BCUT2D eigenvalue weighted by atomic mass is 79.9. The first-order chi connectivity index (χ1) is 14.8. The van der Waals surface area contributed by atoms with Crippen LogP contribution in [0.3, 0.4) is 0 Å². The summed E-state index contributed by atoms with van der Waals surface area (Å²) in [6, 6.07) is 12.6. The molecule has 5 nitrogen and oxygen atoms in total. The fourth-order valence-electron chi connectivity index (χ4n) is 5.64. The number of alkyl halides is 2. The Morgan fingerprint density at radius 2 is 1.52 bits per heavy atom. The maximum atomic E-state index is 13.3. The van der Waals surface area contributed by atoms with E-state index in [4.69, 9.17) is 0 Å². The predicted octanol–water partition coefficient (Wildman–Crippen LogP) is 4.84.